The van der Waals surface area contributed by atoms with Crippen molar-refractivity contribution in [2.24, 2.45) is 0 Å². The van der Waals surface area contributed by atoms with Gasteiger partial charge in [-0.2, -0.15) is 5.26 Å². The summed E-state index contributed by atoms with van der Waals surface area (Å²) in [4.78, 5) is 34.0. The van der Waals surface area contributed by atoms with Gasteiger partial charge in [0, 0.05) is 48.4 Å². The first kappa shape index (κ1) is 20.4. The highest BCUT2D eigenvalue weighted by Crippen LogP contribution is 2.27. The van der Waals surface area contributed by atoms with Crippen LogP contribution in [0.15, 0.2) is 48.0 Å². The largest absolute Gasteiger partial charge is 0.356 e. The number of nitro groups is 1. The number of aromatic nitrogens is 2. The summed E-state index contributed by atoms with van der Waals surface area (Å²) in [5.74, 6) is 0.577. The molecular formula is C21H18N6O3S. The molecule has 1 N–H and O–H groups in total. The molecule has 156 valence electrons. The second-order valence-corrected chi connectivity index (χ2v) is 7.96. The number of carbonyl (C=O) groups excluding carboxylic acids is 1. The number of nitriles is 1. The minimum atomic E-state index is -0.454. The summed E-state index contributed by atoms with van der Waals surface area (Å²) in [7, 11) is 0. The SMILES string of the molecule is N#Cc1ccc(N2CCC(NC(=O)c3csc(-c4cccc([N+](=O)[O-])c4)n3)CC2)nc1. The number of pyridine rings is 1. The van der Waals surface area contributed by atoms with Crippen LogP contribution >= 0.6 is 11.3 Å². The maximum atomic E-state index is 12.6. The van der Waals surface area contributed by atoms with Crippen LogP contribution in [0.2, 0.25) is 0 Å². The Morgan fingerprint density at radius 1 is 1.29 bits per heavy atom. The lowest BCUT2D eigenvalue weighted by atomic mass is 10.0. The van der Waals surface area contributed by atoms with Gasteiger partial charge >= 0.3 is 0 Å². The molecule has 2 aromatic heterocycles. The van der Waals surface area contributed by atoms with Crippen LogP contribution in [-0.2, 0) is 0 Å². The number of amides is 1. The van der Waals surface area contributed by atoms with E-state index in [1.807, 2.05) is 6.07 Å². The second-order valence-electron chi connectivity index (χ2n) is 7.10. The van der Waals surface area contributed by atoms with Crippen molar-refractivity contribution in [2.45, 2.75) is 18.9 Å². The Hall–Kier alpha value is -3.84. The first-order chi connectivity index (χ1) is 15.0. The van der Waals surface area contributed by atoms with E-state index < -0.39 is 4.92 Å². The minimum Gasteiger partial charge on any atom is -0.356 e. The summed E-state index contributed by atoms with van der Waals surface area (Å²) in [6.45, 7) is 1.50. The molecule has 1 aliphatic rings. The quantitative estimate of drug-likeness (QED) is 0.482. The van der Waals surface area contributed by atoms with E-state index in [4.69, 9.17) is 5.26 Å². The fourth-order valence-electron chi connectivity index (χ4n) is 3.41. The number of benzene rings is 1. The monoisotopic (exact) mass is 434 g/mol. The van der Waals surface area contributed by atoms with Crippen molar-refractivity contribution in [1.82, 2.24) is 15.3 Å². The average Bonchev–Trinajstić information content (AvgIpc) is 3.30. The molecule has 4 rings (SSSR count). The highest BCUT2D eigenvalue weighted by molar-refractivity contribution is 7.13. The lowest BCUT2D eigenvalue weighted by molar-refractivity contribution is -0.384. The maximum Gasteiger partial charge on any atom is 0.270 e. The minimum absolute atomic E-state index is 0.0118. The van der Waals surface area contributed by atoms with E-state index in [2.05, 4.69) is 26.3 Å². The molecule has 3 aromatic rings. The summed E-state index contributed by atoms with van der Waals surface area (Å²) < 4.78 is 0. The molecule has 1 fully saturated rings. The van der Waals surface area contributed by atoms with Gasteiger partial charge in [0.25, 0.3) is 11.6 Å². The van der Waals surface area contributed by atoms with Gasteiger partial charge in [0.2, 0.25) is 0 Å². The second kappa shape index (κ2) is 8.89. The maximum absolute atomic E-state index is 12.6. The number of nitro benzene ring substituents is 1. The fourth-order valence-corrected chi connectivity index (χ4v) is 4.21. The van der Waals surface area contributed by atoms with E-state index in [1.165, 1.54) is 23.5 Å². The molecule has 0 saturated carbocycles. The standard InChI is InChI=1S/C21H18N6O3S/c22-11-14-4-5-19(23-12-14)26-8-6-16(7-9-26)24-20(28)18-13-31-21(25-18)15-2-1-3-17(10-15)27(29)30/h1-5,10,12-13,16H,6-9H2,(H,24,28). The zero-order valence-corrected chi connectivity index (χ0v) is 17.2. The van der Waals surface area contributed by atoms with Gasteiger partial charge in [-0.3, -0.25) is 14.9 Å². The fraction of sp³-hybridized carbons (Fsp3) is 0.238. The van der Waals surface area contributed by atoms with Gasteiger partial charge in [0.15, 0.2) is 0 Å². The lowest BCUT2D eigenvalue weighted by Gasteiger charge is -2.33. The Morgan fingerprint density at radius 3 is 2.77 bits per heavy atom. The van der Waals surface area contributed by atoms with Gasteiger partial charge in [-0.1, -0.05) is 12.1 Å². The molecule has 0 aliphatic carbocycles. The van der Waals surface area contributed by atoms with Crippen LogP contribution in [0, 0.1) is 21.4 Å². The summed E-state index contributed by atoms with van der Waals surface area (Å²) in [6.07, 6.45) is 3.11. The molecule has 1 amide bonds. The smallest absolute Gasteiger partial charge is 0.270 e. The third-order valence-electron chi connectivity index (χ3n) is 5.07. The summed E-state index contributed by atoms with van der Waals surface area (Å²) in [5, 5.41) is 25.1. The van der Waals surface area contributed by atoms with Crippen molar-refractivity contribution in [2.75, 3.05) is 18.0 Å². The van der Waals surface area contributed by atoms with Gasteiger partial charge in [-0.25, -0.2) is 9.97 Å². The van der Waals surface area contributed by atoms with E-state index in [1.54, 1.807) is 29.8 Å². The Balaban J connectivity index is 1.35. The van der Waals surface area contributed by atoms with Gasteiger partial charge < -0.3 is 10.2 Å². The molecule has 0 radical (unpaired) electrons. The molecule has 31 heavy (non-hydrogen) atoms. The Bertz CT molecular complexity index is 1150. The summed E-state index contributed by atoms with van der Waals surface area (Å²) >= 11 is 1.28. The third-order valence-corrected chi connectivity index (χ3v) is 5.96. The van der Waals surface area contributed by atoms with E-state index >= 15 is 0 Å². The highest BCUT2D eigenvalue weighted by Gasteiger charge is 2.23. The van der Waals surface area contributed by atoms with E-state index in [9.17, 15) is 14.9 Å². The normalized spacial score (nSPS) is 14.1. The number of carbonyl (C=O) groups is 1. The van der Waals surface area contributed by atoms with Crippen LogP contribution in [0.25, 0.3) is 10.6 Å². The Kier molecular flexibility index (Phi) is 5.86. The summed E-state index contributed by atoms with van der Waals surface area (Å²) in [6, 6.07) is 11.9. The van der Waals surface area contributed by atoms with Crippen molar-refractivity contribution >= 4 is 28.7 Å². The first-order valence-corrected chi connectivity index (χ1v) is 10.5. The number of rotatable bonds is 5. The Morgan fingerprint density at radius 2 is 2.10 bits per heavy atom. The molecular weight excluding hydrogens is 416 g/mol. The van der Waals surface area contributed by atoms with E-state index in [0.717, 1.165) is 31.7 Å². The number of anilines is 1. The molecule has 0 unspecified atom stereocenters. The topological polar surface area (TPSA) is 125 Å². The number of hydrogen-bond acceptors (Lipinski definition) is 8. The van der Waals surface area contributed by atoms with E-state index in [-0.39, 0.29) is 17.6 Å². The van der Waals surface area contributed by atoms with Crippen molar-refractivity contribution in [1.29, 1.82) is 5.26 Å². The van der Waals surface area contributed by atoms with Crippen molar-refractivity contribution in [3.05, 3.63) is 69.3 Å². The Labute approximate surface area is 182 Å². The molecule has 10 heteroatoms. The molecule has 1 aromatic carbocycles. The van der Waals surface area contributed by atoms with Crippen LogP contribution in [0.1, 0.15) is 28.9 Å². The van der Waals surface area contributed by atoms with Crippen LogP contribution in [-0.4, -0.2) is 39.9 Å². The number of non-ortho nitro benzene ring substituents is 1. The molecule has 0 bridgehead atoms. The van der Waals surface area contributed by atoms with Crippen LogP contribution < -0.4 is 10.2 Å². The van der Waals surface area contributed by atoms with Gasteiger partial charge in [-0.05, 0) is 25.0 Å². The number of nitrogens with one attached hydrogen (secondary N) is 1. The molecule has 9 nitrogen and oxygen atoms in total. The number of hydrogen-bond donors (Lipinski definition) is 1. The highest BCUT2D eigenvalue weighted by atomic mass is 32.1. The summed E-state index contributed by atoms with van der Waals surface area (Å²) in [5.41, 5.74) is 1.44. The zero-order valence-electron chi connectivity index (χ0n) is 16.4. The molecule has 3 heterocycles. The zero-order chi connectivity index (χ0) is 21.8. The van der Waals surface area contributed by atoms with Crippen LogP contribution in [0.5, 0.6) is 0 Å². The predicted octanol–water partition coefficient (Wildman–Crippen LogP) is 3.38. The third kappa shape index (κ3) is 4.67. The number of thiazole rings is 1. The van der Waals surface area contributed by atoms with E-state index in [0.29, 0.717) is 21.8 Å². The molecule has 0 spiro atoms. The lowest BCUT2D eigenvalue weighted by Crippen LogP contribution is -2.45. The van der Waals surface area contributed by atoms with Crippen LogP contribution in [0.3, 0.4) is 0 Å². The molecule has 1 aliphatic heterocycles. The number of piperidine rings is 1. The van der Waals surface area contributed by atoms with Crippen LogP contribution in [0.4, 0.5) is 11.5 Å². The number of nitrogens with zero attached hydrogens (tertiary/aromatic N) is 5. The molecule has 0 atom stereocenters. The predicted molar refractivity (Wildman–Crippen MR) is 116 cm³/mol. The van der Waals surface area contributed by atoms with Crippen molar-refractivity contribution < 1.29 is 9.72 Å². The van der Waals surface area contributed by atoms with Gasteiger partial charge in [0.1, 0.15) is 22.6 Å². The first-order valence-electron chi connectivity index (χ1n) is 9.66. The van der Waals surface area contributed by atoms with Crippen molar-refractivity contribution in [3.63, 3.8) is 0 Å². The average molecular weight is 434 g/mol. The van der Waals surface area contributed by atoms with Gasteiger partial charge in [0.05, 0.1) is 10.5 Å². The van der Waals surface area contributed by atoms with Gasteiger partial charge in [-0.15, -0.1) is 11.3 Å². The van der Waals surface area contributed by atoms with Crippen molar-refractivity contribution in [3.8, 4) is 16.6 Å². The molecule has 1 saturated heterocycles.